The Morgan fingerprint density at radius 2 is 2.08 bits per heavy atom. The maximum absolute atomic E-state index is 10.6. The van der Waals surface area contributed by atoms with E-state index < -0.39 is 10.1 Å². The first-order chi connectivity index (χ1) is 5.54. The van der Waals surface area contributed by atoms with E-state index in [0.717, 1.165) is 0 Å². The van der Waals surface area contributed by atoms with E-state index in [1.807, 2.05) is 0 Å². The van der Waals surface area contributed by atoms with Gasteiger partial charge in [-0.3, -0.25) is 4.55 Å². The Kier molecular flexibility index (Phi) is 2.46. The molecule has 1 aromatic rings. The molecule has 0 saturated heterocycles. The molecule has 4 nitrogen and oxygen atoms in total. The number of nitrogens with two attached hydrogens (primary N) is 1. The van der Waals surface area contributed by atoms with E-state index in [9.17, 15) is 8.42 Å². The first kappa shape index (κ1) is 9.18. The Morgan fingerprint density at radius 3 is 2.58 bits per heavy atom. The van der Waals surface area contributed by atoms with Crippen LogP contribution in [0.5, 0.6) is 0 Å². The van der Waals surface area contributed by atoms with Crippen molar-refractivity contribution < 1.29 is 13.0 Å². The van der Waals surface area contributed by atoms with Gasteiger partial charge in [-0.2, -0.15) is 8.42 Å². The summed E-state index contributed by atoms with van der Waals surface area (Å²) in [5, 5.41) is 0. The van der Waals surface area contributed by atoms with Crippen molar-refractivity contribution in [3.63, 3.8) is 0 Å². The lowest BCUT2D eigenvalue weighted by molar-refractivity contribution is 0.483. The monoisotopic (exact) mass is 187 g/mol. The van der Waals surface area contributed by atoms with Gasteiger partial charge in [-0.15, -0.1) is 0 Å². The Morgan fingerprint density at radius 1 is 1.42 bits per heavy atom. The van der Waals surface area contributed by atoms with Gasteiger partial charge in [-0.25, -0.2) is 0 Å². The molecule has 0 unspecified atom stereocenters. The highest BCUT2D eigenvalue weighted by Crippen LogP contribution is 2.09. The van der Waals surface area contributed by atoms with Crippen LogP contribution >= 0.6 is 0 Å². The van der Waals surface area contributed by atoms with Crippen molar-refractivity contribution in [2.45, 2.75) is 11.4 Å². The molecule has 0 amide bonds. The molecule has 5 heteroatoms. The molecule has 12 heavy (non-hydrogen) atoms. The highest BCUT2D eigenvalue weighted by molar-refractivity contribution is 7.85. The molecular formula is C7H9NO3S. The fraction of sp³-hybridized carbons (Fsp3) is 0.143. The standard InChI is InChI=1S/C7H9NO3S/c8-5-6-2-1-3-7(4-6)12(9,10)11/h1-4H,5,8H2,(H,9,10,11). The summed E-state index contributed by atoms with van der Waals surface area (Å²) in [5.74, 6) is 0. The summed E-state index contributed by atoms with van der Waals surface area (Å²) in [4.78, 5) is -0.120. The topological polar surface area (TPSA) is 80.4 Å². The van der Waals surface area contributed by atoms with Gasteiger partial charge in [0.2, 0.25) is 0 Å². The molecule has 3 N–H and O–H groups in total. The fourth-order valence-corrected chi connectivity index (χ4v) is 1.38. The van der Waals surface area contributed by atoms with Gasteiger partial charge < -0.3 is 5.73 Å². The molecule has 0 bridgehead atoms. The summed E-state index contributed by atoms with van der Waals surface area (Å²) in [5.41, 5.74) is 5.96. The van der Waals surface area contributed by atoms with Crippen molar-refractivity contribution >= 4 is 10.1 Å². The Bertz CT molecular complexity index is 372. The number of hydrogen-bond acceptors (Lipinski definition) is 3. The molecule has 0 atom stereocenters. The largest absolute Gasteiger partial charge is 0.326 e. The summed E-state index contributed by atoms with van der Waals surface area (Å²) in [6.07, 6.45) is 0. The van der Waals surface area contributed by atoms with Crippen LogP contribution in [0.3, 0.4) is 0 Å². The fourth-order valence-electron chi connectivity index (χ4n) is 0.833. The molecule has 0 fully saturated rings. The normalized spacial score (nSPS) is 11.5. The zero-order chi connectivity index (χ0) is 9.19. The van der Waals surface area contributed by atoms with E-state index >= 15 is 0 Å². The van der Waals surface area contributed by atoms with Crippen LogP contribution in [-0.2, 0) is 16.7 Å². The molecule has 0 aromatic heterocycles. The summed E-state index contributed by atoms with van der Waals surface area (Å²) in [7, 11) is -4.09. The van der Waals surface area contributed by atoms with Crippen molar-refractivity contribution in [3.8, 4) is 0 Å². The zero-order valence-electron chi connectivity index (χ0n) is 6.27. The average molecular weight is 187 g/mol. The Labute approximate surface area is 70.8 Å². The van der Waals surface area contributed by atoms with Crippen LogP contribution in [-0.4, -0.2) is 13.0 Å². The molecule has 0 radical (unpaired) electrons. The quantitative estimate of drug-likeness (QED) is 0.656. The minimum absolute atomic E-state index is 0.120. The lowest BCUT2D eigenvalue weighted by Crippen LogP contribution is -2.01. The third kappa shape index (κ3) is 2.04. The maximum atomic E-state index is 10.6. The molecule has 0 saturated carbocycles. The van der Waals surface area contributed by atoms with E-state index in [-0.39, 0.29) is 11.4 Å². The maximum Gasteiger partial charge on any atom is 0.294 e. The van der Waals surface area contributed by atoms with E-state index in [1.165, 1.54) is 18.2 Å². The molecular weight excluding hydrogens is 178 g/mol. The van der Waals surface area contributed by atoms with Crippen LogP contribution in [0, 0.1) is 0 Å². The van der Waals surface area contributed by atoms with Crippen LogP contribution in [0.2, 0.25) is 0 Å². The smallest absolute Gasteiger partial charge is 0.294 e. The number of benzene rings is 1. The minimum atomic E-state index is -4.09. The van der Waals surface area contributed by atoms with E-state index in [0.29, 0.717) is 5.56 Å². The third-order valence-corrected chi connectivity index (χ3v) is 2.28. The van der Waals surface area contributed by atoms with Crippen LogP contribution in [0.4, 0.5) is 0 Å². The Balaban J connectivity index is 3.20. The van der Waals surface area contributed by atoms with Crippen molar-refractivity contribution in [2.75, 3.05) is 0 Å². The van der Waals surface area contributed by atoms with Gasteiger partial charge in [-0.1, -0.05) is 12.1 Å². The second-order valence-corrected chi connectivity index (χ2v) is 3.75. The lowest BCUT2D eigenvalue weighted by atomic mass is 10.2. The summed E-state index contributed by atoms with van der Waals surface area (Å²) in [6, 6.07) is 5.88. The molecule has 1 rings (SSSR count). The second-order valence-electron chi connectivity index (χ2n) is 2.33. The number of rotatable bonds is 2. The predicted octanol–water partition coefficient (Wildman–Crippen LogP) is 0.392. The van der Waals surface area contributed by atoms with Crippen LogP contribution < -0.4 is 5.73 Å². The third-order valence-electron chi connectivity index (χ3n) is 1.43. The number of hydrogen-bond donors (Lipinski definition) is 2. The predicted molar refractivity (Wildman–Crippen MR) is 44.1 cm³/mol. The van der Waals surface area contributed by atoms with Gasteiger partial charge in [0.25, 0.3) is 10.1 Å². The molecule has 1 aromatic carbocycles. The van der Waals surface area contributed by atoms with E-state index in [2.05, 4.69) is 0 Å². The van der Waals surface area contributed by atoms with Gasteiger partial charge in [0.1, 0.15) is 0 Å². The van der Waals surface area contributed by atoms with Crippen LogP contribution in [0.25, 0.3) is 0 Å². The molecule has 0 aliphatic rings. The van der Waals surface area contributed by atoms with Gasteiger partial charge in [0, 0.05) is 6.54 Å². The van der Waals surface area contributed by atoms with E-state index in [1.54, 1.807) is 6.07 Å². The summed E-state index contributed by atoms with van der Waals surface area (Å²) in [6.45, 7) is 0.253. The van der Waals surface area contributed by atoms with Gasteiger partial charge in [0.15, 0.2) is 0 Å². The average Bonchev–Trinajstić information content (AvgIpc) is 2.03. The summed E-state index contributed by atoms with van der Waals surface area (Å²) < 4.78 is 29.9. The highest BCUT2D eigenvalue weighted by Gasteiger charge is 2.08. The summed E-state index contributed by atoms with van der Waals surface area (Å²) >= 11 is 0. The Hall–Kier alpha value is -0.910. The van der Waals surface area contributed by atoms with Crippen LogP contribution in [0.15, 0.2) is 29.2 Å². The van der Waals surface area contributed by atoms with Crippen molar-refractivity contribution in [1.29, 1.82) is 0 Å². The molecule has 66 valence electrons. The first-order valence-electron chi connectivity index (χ1n) is 3.30. The first-order valence-corrected chi connectivity index (χ1v) is 4.74. The van der Waals surface area contributed by atoms with E-state index in [4.69, 9.17) is 10.3 Å². The lowest BCUT2D eigenvalue weighted by Gasteiger charge is -1.98. The second kappa shape index (κ2) is 3.22. The molecule has 0 aliphatic heterocycles. The molecule has 0 heterocycles. The van der Waals surface area contributed by atoms with Gasteiger partial charge in [0.05, 0.1) is 4.90 Å². The van der Waals surface area contributed by atoms with Gasteiger partial charge in [-0.05, 0) is 17.7 Å². The van der Waals surface area contributed by atoms with Crippen molar-refractivity contribution in [2.24, 2.45) is 5.73 Å². The van der Waals surface area contributed by atoms with Crippen molar-refractivity contribution in [3.05, 3.63) is 29.8 Å². The van der Waals surface area contributed by atoms with Crippen LogP contribution in [0.1, 0.15) is 5.56 Å². The van der Waals surface area contributed by atoms with Crippen molar-refractivity contribution in [1.82, 2.24) is 0 Å². The highest BCUT2D eigenvalue weighted by atomic mass is 32.2. The molecule has 0 spiro atoms. The molecule has 0 aliphatic carbocycles. The SMILES string of the molecule is NCc1cccc(S(=O)(=O)O)c1. The van der Waals surface area contributed by atoms with Gasteiger partial charge >= 0.3 is 0 Å². The zero-order valence-corrected chi connectivity index (χ0v) is 7.08. The minimum Gasteiger partial charge on any atom is -0.326 e.